The van der Waals surface area contributed by atoms with Gasteiger partial charge in [-0.3, -0.25) is 0 Å². The van der Waals surface area contributed by atoms with Crippen molar-refractivity contribution >= 4 is 10.9 Å². The third-order valence-corrected chi connectivity index (χ3v) is 5.77. The van der Waals surface area contributed by atoms with E-state index in [0.29, 0.717) is 23.9 Å². The van der Waals surface area contributed by atoms with Crippen molar-refractivity contribution in [1.82, 2.24) is 4.98 Å². The molecule has 0 saturated carbocycles. The van der Waals surface area contributed by atoms with Gasteiger partial charge in [-0.15, -0.1) is 0 Å². The summed E-state index contributed by atoms with van der Waals surface area (Å²) >= 11 is 0. The number of para-hydroxylation sites is 2. The summed E-state index contributed by atoms with van der Waals surface area (Å²) in [5.41, 5.74) is 5.37. The molecule has 1 aromatic heterocycles. The largest absolute Gasteiger partial charge is 0.496 e. The Morgan fingerprint density at radius 1 is 0.750 bits per heavy atom. The number of nitrogens with zero attached hydrogens (tertiary/aromatic N) is 1. The summed E-state index contributed by atoms with van der Waals surface area (Å²) in [6.45, 7) is 0.375. The number of hydrogen-bond donors (Lipinski definition) is 0. The minimum atomic E-state index is 0.375. The van der Waals surface area contributed by atoms with Crippen LogP contribution in [0.15, 0.2) is 54.6 Å². The van der Waals surface area contributed by atoms with Crippen molar-refractivity contribution in [2.24, 2.45) is 0 Å². The molecule has 0 radical (unpaired) electrons. The molecule has 0 saturated heterocycles. The summed E-state index contributed by atoms with van der Waals surface area (Å²) < 4.78 is 29.0. The van der Waals surface area contributed by atoms with E-state index < -0.39 is 0 Å². The smallest absolute Gasteiger partial charge is 0.204 e. The van der Waals surface area contributed by atoms with Crippen molar-refractivity contribution in [3.8, 4) is 51.1 Å². The van der Waals surface area contributed by atoms with Crippen LogP contribution in [0.5, 0.6) is 28.7 Å². The lowest BCUT2D eigenvalue weighted by molar-refractivity contribution is 0.302. The monoisotopic (exact) mass is 429 g/mol. The van der Waals surface area contributed by atoms with Crippen molar-refractivity contribution < 1.29 is 23.7 Å². The molecule has 0 amide bonds. The summed E-state index contributed by atoms with van der Waals surface area (Å²) in [6, 6.07) is 17.7. The summed E-state index contributed by atoms with van der Waals surface area (Å²) in [5, 5.41) is 0.816. The molecule has 6 heteroatoms. The van der Waals surface area contributed by atoms with Crippen LogP contribution in [-0.2, 0) is 6.61 Å². The van der Waals surface area contributed by atoms with Gasteiger partial charge in [0.2, 0.25) is 5.75 Å². The number of hydrogen-bond acceptors (Lipinski definition) is 6. The van der Waals surface area contributed by atoms with Crippen LogP contribution in [0.1, 0.15) is 5.56 Å². The molecule has 6 nitrogen and oxygen atoms in total. The molecule has 0 fully saturated rings. The van der Waals surface area contributed by atoms with Crippen LogP contribution in [0, 0.1) is 0 Å². The Hall–Kier alpha value is -3.93. The molecule has 0 N–H and O–H groups in total. The molecule has 1 aliphatic rings. The van der Waals surface area contributed by atoms with Gasteiger partial charge in [-0.1, -0.05) is 30.3 Å². The molecule has 3 aromatic carbocycles. The number of rotatable bonds is 5. The first-order valence-electron chi connectivity index (χ1n) is 10.2. The summed E-state index contributed by atoms with van der Waals surface area (Å²) in [4.78, 5) is 5.06. The van der Waals surface area contributed by atoms with E-state index in [9.17, 15) is 0 Å². The Balaban J connectivity index is 2.00. The Morgan fingerprint density at radius 2 is 1.44 bits per heavy atom. The molecule has 4 aromatic rings. The second kappa shape index (κ2) is 7.96. The van der Waals surface area contributed by atoms with E-state index in [1.807, 2.05) is 54.6 Å². The molecule has 0 bridgehead atoms. The third-order valence-electron chi connectivity index (χ3n) is 5.77. The van der Waals surface area contributed by atoms with Crippen molar-refractivity contribution in [3.63, 3.8) is 0 Å². The fourth-order valence-corrected chi connectivity index (χ4v) is 4.38. The second-order valence-electron chi connectivity index (χ2n) is 7.34. The van der Waals surface area contributed by atoms with Gasteiger partial charge < -0.3 is 23.7 Å². The van der Waals surface area contributed by atoms with Crippen LogP contribution in [0.25, 0.3) is 33.3 Å². The fourth-order valence-electron chi connectivity index (χ4n) is 4.38. The highest BCUT2D eigenvalue weighted by molar-refractivity contribution is 6.06. The predicted molar refractivity (Wildman–Crippen MR) is 123 cm³/mol. The zero-order chi connectivity index (χ0) is 22.2. The van der Waals surface area contributed by atoms with Gasteiger partial charge in [0, 0.05) is 28.3 Å². The van der Waals surface area contributed by atoms with Gasteiger partial charge in [-0.2, -0.15) is 0 Å². The Bertz CT molecular complexity index is 1330. The first kappa shape index (κ1) is 20.0. The SMILES string of the molecule is COc1ccccc1-c1c2c(nc3cc(OC)c(OC)c(OC)c13)-c1ccccc1OC2. The van der Waals surface area contributed by atoms with Crippen LogP contribution in [0.2, 0.25) is 0 Å². The highest BCUT2D eigenvalue weighted by Crippen LogP contribution is 2.51. The molecule has 0 aliphatic carbocycles. The molecule has 1 aliphatic heterocycles. The van der Waals surface area contributed by atoms with Crippen molar-refractivity contribution in [2.45, 2.75) is 6.61 Å². The molecular formula is C26H23NO5. The number of pyridine rings is 1. The molecule has 32 heavy (non-hydrogen) atoms. The first-order valence-corrected chi connectivity index (χ1v) is 10.2. The standard InChI is InChI=1S/C26H23NO5/c1-28-19-11-7-5-9-15(19)22-17-14-32-20-12-8-6-10-16(20)24(17)27-18-13-21(29-2)25(30-3)26(31-4)23(18)22/h5-13H,14H2,1-4H3. The van der Waals surface area contributed by atoms with Crippen molar-refractivity contribution in [1.29, 1.82) is 0 Å². The lowest BCUT2D eigenvalue weighted by Crippen LogP contribution is -2.10. The number of ether oxygens (including phenoxy) is 5. The molecule has 5 rings (SSSR count). The highest BCUT2D eigenvalue weighted by atomic mass is 16.5. The van der Waals surface area contributed by atoms with Crippen LogP contribution in [0.4, 0.5) is 0 Å². The second-order valence-corrected chi connectivity index (χ2v) is 7.34. The van der Waals surface area contributed by atoms with Crippen LogP contribution in [0.3, 0.4) is 0 Å². The number of fused-ring (bicyclic) bond motifs is 4. The van der Waals surface area contributed by atoms with Gasteiger partial charge >= 0.3 is 0 Å². The zero-order valence-corrected chi connectivity index (χ0v) is 18.4. The van der Waals surface area contributed by atoms with Crippen LogP contribution >= 0.6 is 0 Å². The molecule has 2 heterocycles. The lowest BCUT2D eigenvalue weighted by Gasteiger charge is -2.26. The molecule has 0 unspecified atom stereocenters. The van der Waals surface area contributed by atoms with Gasteiger partial charge in [0.05, 0.1) is 45.0 Å². The number of aromatic nitrogens is 1. The van der Waals surface area contributed by atoms with Gasteiger partial charge in [-0.05, 0) is 18.2 Å². The highest BCUT2D eigenvalue weighted by Gasteiger charge is 2.29. The lowest BCUT2D eigenvalue weighted by atomic mass is 9.90. The average molecular weight is 429 g/mol. The normalized spacial score (nSPS) is 11.9. The maximum atomic E-state index is 6.13. The van der Waals surface area contributed by atoms with Gasteiger partial charge in [0.15, 0.2) is 11.5 Å². The Morgan fingerprint density at radius 3 is 2.16 bits per heavy atom. The van der Waals surface area contributed by atoms with Crippen LogP contribution in [-0.4, -0.2) is 33.4 Å². The van der Waals surface area contributed by atoms with E-state index in [2.05, 4.69) is 0 Å². The molecular weight excluding hydrogens is 406 g/mol. The third kappa shape index (κ3) is 2.91. The van der Waals surface area contributed by atoms with Crippen molar-refractivity contribution in [2.75, 3.05) is 28.4 Å². The van der Waals surface area contributed by atoms with E-state index in [0.717, 1.165) is 50.3 Å². The van der Waals surface area contributed by atoms with E-state index in [1.54, 1.807) is 28.4 Å². The van der Waals surface area contributed by atoms with Gasteiger partial charge in [0.25, 0.3) is 0 Å². The minimum Gasteiger partial charge on any atom is -0.496 e. The average Bonchev–Trinajstić information content (AvgIpc) is 2.85. The summed E-state index contributed by atoms with van der Waals surface area (Å²) in [5.74, 6) is 3.17. The first-order chi connectivity index (χ1) is 15.7. The van der Waals surface area contributed by atoms with Gasteiger partial charge in [-0.25, -0.2) is 4.98 Å². The molecule has 0 spiro atoms. The maximum absolute atomic E-state index is 6.13. The van der Waals surface area contributed by atoms with Crippen molar-refractivity contribution in [3.05, 3.63) is 60.2 Å². The molecule has 162 valence electrons. The van der Waals surface area contributed by atoms with E-state index in [1.165, 1.54) is 0 Å². The molecule has 0 atom stereocenters. The van der Waals surface area contributed by atoms with E-state index in [-0.39, 0.29) is 0 Å². The van der Waals surface area contributed by atoms with Gasteiger partial charge in [0.1, 0.15) is 18.1 Å². The topological polar surface area (TPSA) is 59.0 Å². The fraction of sp³-hybridized carbons (Fsp3) is 0.192. The Kier molecular flexibility index (Phi) is 4.98. The van der Waals surface area contributed by atoms with E-state index in [4.69, 9.17) is 28.7 Å². The number of benzene rings is 3. The zero-order valence-electron chi connectivity index (χ0n) is 18.4. The Labute approximate surface area is 186 Å². The predicted octanol–water partition coefficient (Wildman–Crippen LogP) is 5.50. The van der Waals surface area contributed by atoms with E-state index >= 15 is 0 Å². The number of methoxy groups -OCH3 is 4. The quantitative estimate of drug-likeness (QED) is 0.418. The maximum Gasteiger partial charge on any atom is 0.204 e. The minimum absolute atomic E-state index is 0.375. The summed E-state index contributed by atoms with van der Waals surface area (Å²) in [7, 11) is 6.49. The summed E-state index contributed by atoms with van der Waals surface area (Å²) in [6.07, 6.45) is 0. The van der Waals surface area contributed by atoms with Crippen LogP contribution < -0.4 is 23.7 Å².